The third-order valence-electron chi connectivity index (χ3n) is 3.35. The summed E-state index contributed by atoms with van der Waals surface area (Å²) in [7, 11) is 1.37. The molecule has 0 atom stereocenters. The van der Waals surface area contributed by atoms with Crippen molar-refractivity contribution in [3.63, 3.8) is 0 Å². The summed E-state index contributed by atoms with van der Waals surface area (Å²) in [4.78, 5) is 19.6. The van der Waals surface area contributed by atoms with E-state index in [1.807, 2.05) is 36.4 Å². The molecule has 5 heteroatoms. The third-order valence-corrected chi connectivity index (χ3v) is 3.35. The Labute approximate surface area is 134 Å². The van der Waals surface area contributed by atoms with Gasteiger partial charge in [0.25, 0.3) is 0 Å². The minimum Gasteiger partial charge on any atom is -0.465 e. The van der Waals surface area contributed by atoms with Crippen molar-refractivity contribution in [1.82, 2.24) is 9.97 Å². The van der Waals surface area contributed by atoms with Gasteiger partial charge in [-0.3, -0.25) is 0 Å². The predicted octanol–water partition coefficient (Wildman–Crippen LogP) is 3.67. The Morgan fingerprint density at radius 2 is 1.70 bits per heavy atom. The summed E-state index contributed by atoms with van der Waals surface area (Å²) in [6.07, 6.45) is 5.05. The van der Waals surface area contributed by atoms with Gasteiger partial charge < -0.3 is 10.1 Å². The zero-order valence-corrected chi connectivity index (χ0v) is 12.6. The first-order valence-electron chi connectivity index (χ1n) is 7.07. The number of hydrogen-bond donors (Lipinski definition) is 1. The highest BCUT2D eigenvalue weighted by Crippen LogP contribution is 2.22. The molecule has 0 unspecified atom stereocenters. The Hall–Kier alpha value is -3.21. The maximum absolute atomic E-state index is 11.6. The number of methoxy groups -OCH3 is 1. The molecule has 23 heavy (non-hydrogen) atoms. The fourth-order valence-electron chi connectivity index (χ4n) is 2.20. The van der Waals surface area contributed by atoms with E-state index in [2.05, 4.69) is 15.3 Å². The van der Waals surface area contributed by atoms with Gasteiger partial charge in [0.05, 0.1) is 12.7 Å². The van der Waals surface area contributed by atoms with Crippen LogP contribution in [0.4, 0.5) is 11.4 Å². The molecule has 0 aliphatic heterocycles. The lowest BCUT2D eigenvalue weighted by Crippen LogP contribution is -2.01. The third kappa shape index (κ3) is 3.52. The van der Waals surface area contributed by atoms with Crippen LogP contribution in [0.25, 0.3) is 11.1 Å². The van der Waals surface area contributed by atoms with Crippen LogP contribution in [0.3, 0.4) is 0 Å². The minimum absolute atomic E-state index is 0.354. The smallest absolute Gasteiger partial charge is 0.337 e. The number of nitrogens with zero attached hydrogens (tertiary/aromatic N) is 2. The zero-order chi connectivity index (χ0) is 16.1. The molecule has 1 aromatic heterocycles. The normalized spacial score (nSPS) is 10.1. The maximum Gasteiger partial charge on any atom is 0.337 e. The molecule has 0 bridgehead atoms. The first kappa shape index (κ1) is 14.7. The maximum atomic E-state index is 11.6. The number of anilines is 2. The largest absolute Gasteiger partial charge is 0.465 e. The van der Waals surface area contributed by atoms with Gasteiger partial charge in [-0.15, -0.1) is 0 Å². The Kier molecular flexibility index (Phi) is 4.29. The number of esters is 1. The highest BCUT2D eigenvalue weighted by Gasteiger charge is 2.06. The van der Waals surface area contributed by atoms with Crippen molar-refractivity contribution in [3.05, 3.63) is 72.8 Å². The van der Waals surface area contributed by atoms with Crippen LogP contribution in [0, 0.1) is 0 Å². The number of ether oxygens (including phenoxy) is 1. The topological polar surface area (TPSA) is 64.1 Å². The van der Waals surface area contributed by atoms with E-state index in [0.29, 0.717) is 5.56 Å². The van der Waals surface area contributed by atoms with Crippen LogP contribution >= 0.6 is 0 Å². The van der Waals surface area contributed by atoms with Gasteiger partial charge in [0.15, 0.2) is 0 Å². The van der Waals surface area contributed by atoms with Gasteiger partial charge in [0.1, 0.15) is 6.33 Å². The number of aromatic nitrogens is 2. The number of benzene rings is 2. The molecule has 3 rings (SSSR count). The highest BCUT2D eigenvalue weighted by molar-refractivity contribution is 5.90. The molecule has 0 radical (unpaired) electrons. The summed E-state index contributed by atoms with van der Waals surface area (Å²) in [5.74, 6) is -0.354. The monoisotopic (exact) mass is 305 g/mol. The lowest BCUT2D eigenvalue weighted by Gasteiger charge is -2.09. The van der Waals surface area contributed by atoms with Gasteiger partial charge in [-0.2, -0.15) is 0 Å². The van der Waals surface area contributed by atoms with Crippen LogP contribution in [-0.4, -0.2) is 23.0 Å². The van der Waals surface area contributed by atoms with Crippen molar-refractivity contribution < 1.29 is 9.53 Å². The molecule has 114 valence electrons. The fourth-order valence-corrected chi connectivity index (χ4v) is 2.20. The van der Waals surface area contributed by atoms with Gasteiger partial charge in [-0.05, 0) is 35.9 Å². The molecular formula is C18H15N3O2. The van der Waals surface area contributed by atoms with E-state index in [1.165, 1.54) is 13.4 Å². The van der Waals surface area contributed by atoms with Gasteiger partial charge in [-0.1, -0.05) is 18.2 Å². The molecule has 0 spiro atoms. The molecule has 5 nitrogen and oxygen atoms in total. The lowest BCUT2D eigenvalue weighted by atomic mass is 10.1. The molecule has 0 aliphatic rings. The van der Waals surface area contributed by atoms with Crippen LogP contribution in [0.1, 0.15) is 10.4 Å². The number of carbonyl (C=O) groups excluding carboxylic acids is 1. The molecule has 1 heterocycles. The average Bonchev–Trinajstić information content (AvgIpc) is 2.62. The number of nitrogens with one attached hydrogen (secondary N) is 1. The van der Waals surface area contributed by atoms with E-state index in [9.17, 15) is 4.79 Å². The molecule has 3 aromatic rings. The first-order valence-corrected chi connectivity index (χ1v) is 7.07. The van der Waals surface area contributed by atoms with Gasteiger partial charge in [0, 0.05) is 29.3 Å². The minimum atomic E-state index is -0.354. The Bertz CT molecular complexity index is 802. The van der Waals surface area contributed by atoms with Crippen LogP contribution in [0.15, 0.2) is 67.3 Å². The van der Waals surface area contributed by atoms with Crippen molar-refractivity contribution in [2.24, 2.45) is 0 Å². The molecule has 0 aliphatic carbocycles. The molecule has 1 N–H and O–H groups in total. The molecule has 0 fully saturated rings. The highest BCUT2D eigenvalue weighted by atomic mass is 16.5. The Morgan fingerprint density at radius 1 is 0.957 bits per heavy atom. The van der Waals surface area contributed by atoms with Crippen LogP contribution in [0.2, 0.25) is 0 Å². The fraction of sp³-hybridized carbons (Fsp3) is 0.0556. The van der Waals surface area contributed by atoms with E-state index in [-0.39, 0.29) is 5.97 Å². The molecule has 2 aromatic carbocycles. The number of rotatable bonds is 4. The summed E-state index contributed by atoms with van der Waals surface area (Å²) < 4.78 is 4.73. The Morgan fingerprint density at radius 3 is 2.39 bits per heavy atom. The second-order valence-electron chi connectivity index (χ2n) is 4.90. The SMILES string of the molecule is COC(=O)c1cccc(Nc2ccc(-c3cncnc3)cc2)c1. The number of hydrogen-bond acceptors (Lipinski definition) is 5. The molecule has 0 saturated heterocycles. The van der Waals surface area contributed by atoms with Gasteiger partial charge in [0.2, 0.25) is 0 Å². The zero-order valence-electron chi connectivity index (χ0n) is 12.6. The van der Waals surface area contributed by atoms with E-state index < -0.39 is 0 Å². The van der Waals surface area contributed by atoms with Crippen molar-refractivity contribution in [3.8, 4) is 11.1 Å². The summed E-state index contributed by atoms with van der Waals surface area (Å²) in [6.45, 7) is 0. The summed E-state index contributed by atoms with van der Waals surface area (Å²) >= 11 is 0. The van der Waals surface area contributed by atoms with Crippen molar-refractivity contribution >= 4 is 17.3 Å². The summed E-state index contributed by atoms with van der Waals surface area (Å²) in [6, 6.07) is 15.1. The number of carbonyl (C=O) groups is 1. The molecular weight excluding hydrogens is 290 g/mol. The van der Waals surface area contributed by atoms with E-state index >= 15 is 0 Å². The molecule has 0 amide bonds. The van der Waals surface area contributed by atoms with Gasteiger partial charge in [-0.25, -0.2) is 14.8 Å². The van der Waals surface area contributed by atoms with E-state index in [0.717, 1.165) is 22.5 Å². The van der Waals surface area contributed by atoms with E-state index in [1.54, 1.807) is 24.5 Å². The van der Waals surface area contributed by atoms with Crippen LogP contribution in [0.5, 0.6) is 0 Å². The average molecular weight is 305 g/mol. The second-order valence-corrected chi connectivity index (χ2v) is 4.90. The predicted molar refractivity (Wildman–Crippen MR) is 88.5 cm³/mol. The molecule has 0 saturated carbocycles. The van der Waals surface area contributed by atoms with E-state index in [4.69, 9.17) is 4.74 Å². The van der Waals surface area contributed by atoms with Crippen LogP contribution < -0.4 is 5.32 Å². The van der Waals surface area contributed by atoms with Gasteiger partial charge >= 0.3 is 5.97 Å². The second kappa shape index (κ2) is 6.70. The lowest BCUT2D eigenvalue weighted by molar-refractivity contribution is 0.0601. The standard InChI is InChI=1S/C18H15N3O2/c1-23-18(22)14-3-2-4-17(9-14)21-16-7-5-13(6-8-16)15-10-19-12-20-11-15/h2-12,21H,1H3. The quantitative estimate of drug-likeness (QED) is 0.745. The van der Waals surface area contributed by atoms with Crippen molar-refractivity contribution in [2.45, 2.75) is 0 Å². The van der Waals surface area contributed by atoms with Crippen LogP contribution in [-0.2, 0) is 4.74 Å². The first-order chi connectivity index (χ1) is 11.3. The van der Waals surface area contributed by atoms with Crippen molar-refractivity contribution in [2.75, 3.05) is 12.4 Å². The Balaban J connectivity index is 1.77. The summed E-state index contributed by atoms with van der Waals surface area (Å²) in [5.41, 5.74) is 4.26. The van der Waals surface area contributed by atoms with Crippen molar-refractivity contribution in [1.29, 1.82) is 0 Å². The summed E-state index contributed by atoms with van der Waals surface area (Å²) in [5, 5.41) is 3.26.